The topological polar surface area (TPSA) is 26.0 Å². The Morgan fingerprint density at radius 3 is 2.24 bits per heavy atom. The molecule has 0 radical (unpaired) electrons. The van der Waals surface area contributed by atoms with Crippen LogP contribution in [0.4, 0.5) is 0 Å². The smallest absolute Gasteiger partial charge is 0.0323 e. The van der Waals surface area contributed by atoms with Crippen LogP contribution in [0.1, 0.15) is 61.4 Å². The molecule has 2 atom stereocenters. The molecule has 0 heterocycles. The Labute approximate surface area is 106 Å². The second-order valence-corrected chi connectivity index (χ2v) is 5.44. The van der Waals surface area contributed by atoms with Crippen molar-refractivity contribution in [3.63, 3.8) is 0 Å². The minimum atomic E-state index is 0.181. The molecule has 1 aromatic rings. The molecular weight excluding hydrogens is 206 g/mol. The van der Waals surface area contributed by atoms with E-state index in [2.05, 4.69) is 46.8 Å². The predicted octanol–water partition coefficient (Wildman–Crippen LogP) is 4.44. The van der Waals surface area contributed by atoms with E-state index >= 15 is 0 Å². The van der Waals surface area contributed by atoms with Gasteiger partial charge in [-0.05, 0) is 55.4 Å². The standard InChI is InChI=1S/C16H27N/c1-6-7-8-11(2)16(17)15-10-13(4)12(3)9-14(15)5/h9-11,16H,6-8,17H2,1-5H3. The first-order chi connectivity index (χ1) is 7.97. The normalized spacial score (nSPS) is 14.7. The summed E-state index contributed by atoms with van der Waals surface area (Å²) in [5, 5.41) is 0. The Hall–Kier alpha value is -0.820. The lowest BCUT2D eigenvalue weighted by atomic mass is 9.87. The third kappa shape index (κ3) is 3.57. The van der Waals surface area contributed by atoms with Gasteiger partial charge in [0.05, 0.1) is 0 Å². The van der Waals surface area contributed by atoms with Crippen molar-refractivity contribution in [2.45, 2.75) is 59.9 Å². The van der Waals surface area contributed by atoms with Crippen LogP contribution in [-0.2, 0) is 0 Å². The van der Waals surface area contributed by atoms with Crippen molar-refractivity contribution >= 4 is 0 Å². The molecule has 0 saturated heterocycles. The summed E-state index contributed by atoms with van der Waals surface area (Å²) in [7, 11) is 0. The van der Waals surface area contributed by atoms with E-state index in [-0.39, 0.29) is 6.04 Å². The molecule has 0 aliphatic rings. The lowest BCUT2D eigenvalue weighted by molar-refractivity contribution is 0.422. The summed E-state index contributed by atoms with van der Waals surface area (Å²) in [5.74, 6) is 0.566. The van der Waals surface area contributed by atoms with Crippen molar-refractivity contribution in [2.24, 2.45) is 11.7 Å². The van der Waals surface area contributed by atoms with E-state index in [0.717, 1.165) is 0 Å². The van der Waals surface area contributed by atoms with Gasteiger partial charge in [-0.25, -0.2) is 0 Å². The molecule has 0 spiro atoms. The Kier molecular flexibility index (Phi) is 5.20. The van der Waals surface area contributed by atoms with Crippen molar-refractivity contribution in [1.29, 1.82) is 0 Å². The van der Waals surface area contributed by atoms with Gasteiger partial charge in [-0.1, -0.05) is 38.8 Å². The van der Waals surface area contributed by atoms with Crippen LogP contribution in [-0.4, -0.2) is 0 Å². The average Bonchev–Trinajstić information content (AvgIpc) is 2.29. The van der Waals surface area contributed by atoms with Gasteiger partial charge < -0.3 is 5.73 Å². The molecule has 0 bridgehead atoms. The van der Waals surface area contributed by atoms with Gasteiger partial charge in [0.1, 0.15) is 0 Å². The van der Waals surface area contributed by atoms with Crippen molar-refractivity contribution < 1.29 is 0 Å². The van der Waals surface area contributed by atoms with E-state index in [1.54, 1.807) is 0 Å². The minimum Gasteiger partial charge on any atom is -0.324 e. The van der Waals surface area contributed by atoms with Crippen LogP contribution < -0.4 is 5.73 Å². The molecule has 1 rings (SSSR count). The number of unbranched alkanes of at least 4 members (excludes halogenated alkanes) is 1. The second-order valence-electron chi connectivity index (χ2n) is 5.44. The van der Waals surface area contributed by atoms with Gasteiger partial charge in [-0.15, -0.1) is 0 Å². The van der Waals surface area contributed by atoms with Crippen LogP contribution in [0, 0.1) is 26.7 Å². The van der Waals surface area contributed by atoms with Crippen molar-refractivity contribution in [3.05, 3.63) is 34.4 Å². The number of hydrogen-bond donors (Lipinski definition) is 1. The molecule has 1 aromatic carbocycles. The van der Waals surface area contributed by atoms with E-state index < -0.39 is 0 Å². The lowest BCUT2D eigenvalue weighted by Crippen LogP contribution is -2.20. The monoisotopic (exact) mass is 233 g/mol. The van der Waals surface area contributed by atoms with Gasteiger partial charge in [0.15, 0.2) is 0 Å². The molecule has 17 heavy (non-hydrogen) atoms. The maximum absolute atomic E-state index is 6.40. The molecule has 1 nitrogen and oxygen atoms in total. The van der Waals surface area contributed by atoms with E-state index in [0.29, 0.717) is 5.92 Å². The van der Waals surface area contributed by atoms with E-state index in [1.165, 1.54) is 41.5 Å². The summed E-state index contributed by atoms with van der Waals surface area (Å²) >= 11 is 0. The van der Waals surface area contributed by atoms with Crippen LogP contribution in [0.3, 0.4) is 0 Å². The summed E-state index contributed by atoms with van der Waals surface area (Å²) in [6, 6.07) is 4.72. The number of rotatable bonds is 5. The quantitative estimate of drug-likeness (QED) is 0.799. The summed E-state index contributed by atoms with van der Waals surface area (Å²) < 4.78 is 0. The average molecular weight is 233 g/mol. The van der Waals surface area contributed by atoms with Crippen LogP contribution in [0.2, 0.25) is 0 Å². The van der Waals surface area contributed by atoms with Crippen LogP contribution in [0.5, 0.6) is 0 Å². The highest BCUT2D eigenvalue weighted by Gasteiger charge is 2.16. The molecule has 0 fully saturated rings. The Bertz CT molecular complexity index is 368. The number of aryl methyl sites for hydroxylation is 3. The Morgan fingerprint density at radius 1 is 1.06 bits per heavy atom. The number of nitrogens with two attached hydrogens (primary N) is 1. The molecular formula is C16H27N. The van der Waals surface area contributed by atoms with Crippen molar-refractivity contribution in [3.8, 4) is 0 Å². The van der Waals surface area contributed by atoms with E-state index in [1.807, 2.05) is 0 Å². The van der Waals surface area contributed by atoms with Crippen LogP contribution in [0.15, 0.2) is 12.1 Å². The third-order valence-corrected chi connectivity index (χ3v) is 3.87. The van der Waals surface area contributed by atoms with Crippen molar-refractivity contribution in [1.82, 2.24) is 0 Å². The minimum absolute atomic E-state index is 0.181. The zero-order valence-electron chi connectivity index (χ0n) is 12.0. The fourth-order valence-electron chi connectivity index (χ4n) is 2.35. The Balaban J connectivity index is 2.88. The maximum atomic E-state index is 6.40. The van der Waals surface area contributed by atoms with Crippen LogP contribution >= 0.6 is 0 Å². The molecule has 2 unspecified atom stereocenters. The molecule has 0 aromatic heterocycles. The maximum Gasteiger partial charge on any atom is 0.0323 e. The molecule has 0 saturated carbocycles. The first kappa shape index (κ1) is 14.2. The summed E-state index contributed by atoms with van der Waals surface area (Å²) in [4.78, 5) is 0. The van der Waals surface area contributed by atoms with Gasteiger partial charge in [0.25, 0.3) is 0 Å². The zero-order chi connectivity index (χ0) is 13.0. The van der Waals surface area contributed by atoms with Crippen molar-refractivity contribution in [2.75, 3.05) is 0 Å². The number of hydrogen-bond acceptors (Lipinski definition) is 1. The fraction of sp³-hybridized carbons (Fsp3) is 0.625. The summed E-state index contributed by atoms with van der Waals surface area (Å²) in [5.41, 5.74) is 11.8. The van der Waals surface area contributed by atoms with Gasteiger partial charge >= 0.3 is 0 Å². The van der Waals surface area contributed by atoms with Gasteiger partial charge in [-0.2, -0.15) is 0 Å². The third-order valence-electron chi connectivity index (χ3n) is 3.87. The highest BCUT2D eigenvalue weighted by atomic mass is 14.6. The van der Waals surface area contributed by atoms with Gasteiger partial charge in [0, 0.05) is 6.04 Å². The molecule has 0 aliphatic carbocycles. The molecule has 2 N–H and O–H groups in total. The predicted molar refractivity (Wildman–Crippen MR) is 76.3 cm³/mol. The highest BCUT2D eigenvalue weighted by molar-refractivity contribution is 5.38. The fourth-order valence-corrected chi connectivity index (χ4v) is 2.35. The molecule has 96 valence electrons. The lowest BCUT2D eigenvalue weighted by Gasteiger charge is -2.23. The second kappa shape index (κ2) is 6.20. The zero-order valence-corrected chi connectivity index (χ0v) is 12.0. The largest absolute Gasteiger partial charge is 0.324 e. The van der Waals surface area contributed by atoms with E-state index in [4.69, 9.17) is 5.73 Å². The number of benzene rings is 1. The van der Waals surface area contributed by atoms with Gasteiger partial charge in [0.2, 0.25) is 0 Å². The van der Waals surface area contributed by atoms with Crippen LogP contribution in [0.25, 0.3) is 0 Å². The van der Waals surface area contributed by atoms with E-state index in [9.17, 15) is 0 Å². The Morgan fingerprint density at radius 2 is 1.65 bits per heavy atom. The highest BCUT2D eigenvalue weighted by Crippen LogP contribution is 2.28. The molecule has 0 amide bonds. The summed E-state index contributed by atoms with van der Waals surface area (Å²) in [6.07, 6.45) is 3.76. The van der Waals surface area contributed by atoms with Gasteiger partial charge in [-0.3, -0.25) is 0 Å². The first-order valence-corrected chi connectivity index (χ1v) is 6.80. The molecule has 1 heteroatoms. The first-order valence-electron chi connectivity index (χ1n) is 6.80. The summed E-state index contributed by atoms with van der Waals surface area (Å²) in [6.45, 7) is 11.0. The SMILES string of the molecule is CCCCC(C)C(N)c1cc(C)c(C)cc1C. The molecule has 0 aliphatic heterocycles.